The van der Waals surface area contributed by atoms with Crippen LogP contribution in [0.3, 0.4) is 0 Å². The predicted octanol–water partition coefficient (Wildman–Crippen LogP) is 2.48. The number of ketones is 1. The lowest BCUT2D eigenvalue weighted by Gasteiger charge is -2.28. The van der Waals surface area contributed by atoms with Gasteiger partial charge in [0.1, 0.15) is 5.78 Å². The van der Waals surface area contributed by atoms with Crippen LogP contribution in [0.4, 0.5) is 5.69 Å². The normalized spacial score (nSPS) is 17.0. The third-order valence-corrected chi connectivity index (χ3v) is 4.47. The van der Waals surface area contributed by atoms with Gasteiger partial charge in [-0.05, 0) is 43.5 Å². The Morgan fingerprint density at radius 2 is 1.76 bits per heavy atom. The zero-order chi connectivity index (χ0) is 18.4. The van der Waals surface area contributed by atoms with Crippen molar-refractivity contribution < 1.29 is 19.5 Å². The second-order valence-electron chi connectivity index (χ2n) is 6.89. The third-order valence-electron chi connectivity index (χ3n) is 4.47. The molecule has 0 radical (unpaired) electrons. The van der Waals surface area contributed by atoms with Crippen LogP contribution in [0.15, 0.2) is 24.3 Å². The molecule has 1 aliphatic heterocycles. The van der Waals surface area contributed by atoms with Gasteiger partial charge in [0.05, 0.1) is 0 Å². The molecule has 0 spiro atoms. The maximum atomic E-state index is 12.3. The van der Waals surface area contributed by atoms with Crippen molar-refractivity contribution in [2.45, 2.75) is 45.6 Å². The number of hydrogen-bond donors (Lipinski definition) is 2. The molecule has 0 saturated carbocycles. The maximum absolute atomic E-state index is 12.3. The van der Waals surface area contributed by atoms with Gasteiger partial charge in [-0.15, -0.1) is 0 Å². The van der Waals surface area contributed by atoms with Crippen molar-refractivity contribution in [2.75, 3.05) is 18.0 Å². The first kappa shape index (κ1) is 19.0. The Labute approximate surface area is 148 Å². The number of hydrogen-bond acceptors (Lipinski definition) is 4. The molecular weight excluding hydrogens is 320 g/mol. The fourth-order valence-corrected chi connectivity index (χ4v) is 3.19. The highest BCUT2D eigenvalue weighted by atomic mass is 16.4. The van der Waals surface area contributed by atoms with Crippen molar-refractivity contribution in [3.63, 3.8) is 0 Å². The smallest absolute Gasteiger partial charge is 0.303 e. The van der Waals surface area contributed by atoms with Crippen LogP contribution in [0, 0.1) is 5.92 Å². The van der Waals surface area contributed by atoms with Crippen molar-refractivity contribution in [3.05, 3.63) is 29.8 Å². The molecular formula is C19H26N2O4. The number of carbonyl (C=O) groups is 3. The number of benzene rings is 1. The topological polar surface area (TPSA) is 86.7 Å². The highest BCUT2D eigenvalue weighted by molar-refractivity contribution is 5.94. The highest BCUT2D eigenvalue weighted by Gasteiger charge is 2.18. The van der Waals surface area contributed by atoms with E-state index in [0.29, 0.717) is 30.6 Å². The van der Waals surface area contributed by atoms with E-state index in [1.54, 1.807) is 12.1 Å². The first-order valence-electron chi connectivity index (χ1n) is 8.74. The van der Waals surface area contributed by atoms with Crippen LogP contribution in [0.2, 0.25) is 0 Å². The van der Waals surface area contributed by atoms with Gasteiger partial charge in [-0.2, -0.15) is 0 Å². The number of anilines is 1. The molecule has 2 atom stereocenters. The van der Waals surface area contributed by atoms with E-state index < -0.39 is 5.97 Å². The molecule has 0 aromatic heterocycles. The molecule has 6 heteroatoms. The van der Waals surface area contributed by atoms with E-state index in [9.17, 15) is 14.4 Å². The van der Waals surface area contributed by atoms with E-state index in [-0.39, 0.29) is 24.3 Å². The molecule has 1 fully saturated rings. The molecule has 0 bridgehead atoms. The van der Waals surface area contributed by atoms with E-state index in [0.717, 1.165) is 18.8 Å². The van der Waals surface area contributed by atoms with Gasteiger partial charge in [0.15, 0.2) is 0 Å². The van der Waals surface area contributed by atoms with E-state index in [1.807, 2.05) is 26.0 Å². The van der Waals surface area contributed by atoms with Crippen molar-refractivity contribution in [1.29, 1.82) is 0 Å². The van der Waals surface area contributed by atoms with Gasteiger partial charge < -0.3 is 15.3 Å². The number of Topliss-reactive ketones (excluding diaryl/α,β-unsaturated/α-hetero) is 1. The number of amides is 1. The van der Waals surface area contributed by atoms with Crippen LogP contribution in [-0.4, -0.2) is 41.9 Å². The van der Waals surface area contributed by atoms with Crippen molar-refractivity contribution >= 4 is 23.3 Å². The minimum atomic E-state index is -0.818. The summed E-state index contributed by atoms with van der Waals surface area (Å²) >= 11 is 0. The lowest BCUT2D eigenvalue weighted by Crippen LogP contribution is -2.34. The van der Waals surface area contributed by atoms with Gasteiger partial charge in [-0.1, -0.05) is 6.92 Å². The van der Waals surface area contributed by atoms with Crippen LogP contribution < -0.4 is 10.2 Å². The fourth-order valence-electron chi connectivity index (χ4n) is 3.19. The second-order valence-corrected chi connectivity index (χ2v) is 6.89. The Morgan fingerprint density at radius 1 is 1.16 bits per heavy atom. The number of carboxylic acids is 1. The summed E-state index contributed by atoms with van der Waals surface area (Å²) in [6.07, 6.45) is 1.88. The minimum absolute atomic E-state index is 0.0111. The predicted molar refractivity (Wildman–Crippen MR) is 95.9 cm³/mol. The molecule has 1 unspecified atom stereocenters. The molecule has 1 heterocycles. The van der Waals surface area contributed by atoms with Crippen LogP contribution >= 0.6 is 0 Å². The first-order chi connectivity index (χ1) is 11.8. The van der Waals surface area contributed by atoms with Crippen LogP contribution in [0.1, 0.15) is 49.9 Å². The lowest BCUT2D eigenvalue weighted by atomic mass is 9.99. The fraction of sp³-hybridized carbons (Fsp3) is 0.526. The van der Waals surface area contributed by atoms with Gasteiger partial charge in [-0.3, -0.25) is 14.4 Å². The maximum Gasteiger partial charge on any atom is 0.303 e. The Bertz CT molecular complexity index is 617. The Kier molecular flexibility index (Phi) is 6.56. The number of nitrogens with zero attached hydrogens (tertiary/aromatic N) is 1. The SMILES string of the molecule is CC(CC(=O)O)C[C@H](C)NC(=O)c1ccc(N2CCC(=O)CC2)cc1. The Balaban J connectivity index is 1.87. The van der Waals surface area contributed by atoms with Crippen LogP contribution in [0.5, 0.6) is 0 Å². The molecule has 25 heavy (non-hydrogen) atoms. The monoisotopic (exact) mass is 346 g/mol. The van der Waals surface area contributed by atoms with Gasteiger partial charge in [0.25, 0.3) is 5.91 Å². The molecule has 1 aromatic rings. The highest BCUT2D eigenvalue weighted by Crippen LogP contribution is 2.19. The van der Waals surface area contributed by atoms with Gasteiger partial charge in [-0.25, -0.2) is 0 Å². The minimum Gasteiger partial charge on any atom is -0.481 e. The van der Waals surface area contributed by atoms with E-state index in [2.05, 4.69) is 10.2 Å². The summed E-state index contributed by atoms with van der Waals surface area (Å²) < 4.78 is 0. The molecule has 136 valence electrons. The molecule has 0 aliphatic carbocycles. The number of aliphatic carboxylic acids is 1. The van der Waals surface area contributed by atoms with Gasteiger partial charge in [0.2, 0.25) is 0 Å². The van der Waals surface area contributed by atoms with E-state index in [4.69, 9.17) is 5.11 Å². The lowest BCUT2D eigenvalue weighted by molar-refractivity contribution is -0.138. The number of nitrogens with one attached hydrogen (secondary N) is 1. The molecule has 2 rings (SSSR count). The number of carboxylic acid groups (broad SMARTS) is 1. The summed E-state index contributed by atoms with van der Waals surface area (Å²) in [5.41, 5.74) is 1.60. The Morgan fingerprint density at radius 3 is 2.32 bits per heavy atom. The largest absolute Gasteiger partial charge is 0.481 e. The average Bonchev–Trinajstić information content (AvgIpc) is 2.54. The van der Waals surface area contributed by atoms with Gasteiger partial charge in [0, 0.05) is 49.6 Å². The van der Waals surface area contributed by atoms with E-state index >= 15 is 0 Å². The summed E-state index contributed by atoms with van der Waals surface area (Å²) in [5, 5.41) is 11.7. The zero-order valence-corrected chi connectivity index (χ0v) is 14.8. The number of rotatable bonds is 7. The van der Waals surface area contributed by atoms with Crippen molar-refractivity contribution in [2.24, 2.45) is 5.92 Å². The third kappa shape index (κ3) is 5.89. The molecule has 2 N–H and O–H groups in total. The van der Waals surface area contributed by atoms with E-state index in [1.165, 1.54) is 0 Å². The molecule has 1 aromatic carbocycles. The van der Waals surface area contributed by atoms with Crippen LogP contribution in [-0.2, 0) is 9.59 Å². The summed E-state index contributed by atoms with van der Waals surface area (Å²) in [7, 11) is 0. The zero-order valence-electron chi connectivity index (χ0n) is 14.8. The molecule has 1 saturated heterocycles. The summed E-state index contributed by atoms with van der Waals surface area (Å²) in [4.78, 5) is 36.5. The summed E-state index contributed by atoms with van der Waals surface area (Å²) in [6, 6.07) is 7.29. The summed E-state index contributed by atoms with van der Waals surface area (Å²) in [6.45, 7) is 5.20. The quantitative estimate of drug-likeness (QED) is 0.792. The standard InChI is InChI=1S/C19H26N2O4/c1-13(12-18(23)24)11-14(2)20-19(25)15-3-5-16(6-4-15)21-9-7-17(22)8-10-21/h3-6,13-14H,7-12H2,1-2H3,(H,20,25)(H,23,24)/t13?,14-/m0/s1. The number of carbonyl (C=O) groups excluding carboxylic acids is 2. The summed E-state index contributed by atoms with van der Waals surface area (Å²) in [5.74, 6) is -0.660. The molecule has 6 nitrogen and oxygen atoms in total. The van der Waals surface area contributed by atoms with Gasteiger partial charge >= 0.3 is 5.97 Å². The number of piperidine rings is 1. The molecule has 1 amide bonds. The van der Waals surface area contributed by atoms with Crippen molar-refractivity contribution in [3.8, 4) is 0 Å². The van der Waals surface area contributed by atoms with Crippen LogP contribution in [0.25, 0.3) is 0 Å². The first-order valence-corrected chi connectivity index (χ1v) is 8.74. The Hall–Kier alpha value is -2.37. The van der Waals surface area contributed by atoms with Crippen molar-refractivity contribution in [1.82, 2.24) is 5.32 Å². The molecule has 1 aliphatic rings. The second kappa shape index (κ2) is 8.65. The average molecular weight is 346 g/mol.